The number of rotatable bonds is 4. The van der Waals surface area contributed by atoms with E-state index in [-0.39, 0.29) is 11.8 Å². The third-order valence-corrected chi connectivity index (χ3v) is 6.02. The second-order valence-corrected chi connectivity index (χ2v) is 8.03. The molecule has 1 saturated heterocycles. The van der Waals surface area contributed by atoms with Crippen LogP contribution in [0.15, 0.2) is 5.38 Å². The summed E-state index contributed by atoms with van der Waals surface area (Å²) in [6.45, 7) is 4.44. The lowest BCUT2D eigenvalue weighted by Crippen LogP contribution is -2.50. The zero-order valence-corrected chi connectivity index (χ0v) is 15.3. The van der Waals surface area contributed by atoms with Crippen LogP contribution in [0.2, 0.25) is 0 Å². The standard InChI is InChI=1S/C18H27N3O2S/c1-14-19-16(13-24-14)18(23)21-11-9-20(10-12-21)17(22)8-7-15-5-3-2-4-6-15/h13,15H,2-12H2,1H3. The third kappa shape index (κ3) is 4.35. The number of amides is 2. The van der Waals surface area contributed by atoms with Gasteiger partial charge in [0.05, 0.1) is 5.01 Å². The average molecular weight is 350 g/mol. The summed E-state index contributed by atoms with van der Waals surface area (Å²) in [6.07, 6.45) is 8.32. The minimum atomic E-state index is -0.00588. The lowest BCUT2D eigenvalue weighted by molar-refractivity contribution is -0.133. The molecular formula is C18H27N3O2S. The van der Waals surface area contributed by atoms with Gasteiger partial charge in [-0.2, -0.15) is 0 Å². The summed E-state index contributed by atoms with van der Waals surface area (Å²) in [5.74, 6) is 1.00. The molecule has 2 amide bonds. The average Bonchev–Trinajstić information content (AvgIpc) is 3.06. The highest BCUT2D eigenvalue weighted by atomic mass is 32.1. The van der Waals surface area contributed by atoms with Crippen LogP contribution < -0.4 is 0 Å². The van der Waals surface area contributed by atoms with E-state index in [9.17, 15) is 9.59 Å². The Labute approximate surface area is 148 Å². The van der Waals surface area contributed by atoms with E-state index in [1.54, 1.807) is 0 Å². The maximum absolute atomic E-state index is 12.4. The Morgan fingerprint density at radius 3 is 2.42 bits per heavy atom. The fourth-order valence-electron chi connectivity index (χ4n) is 3.74. The number of hydrogen-bond acceptors (Lipinski definition) is 4. The number of nitrogens with zero attached hydrogens (tertiary/aromatic N) is 3. The van der Waals surface area contributed by atoms with Gasteiger partial charge in [0.2, 0.25) is 5.91 Å². The molecule has 0 unspecified atom stereocenters. The number of aromatic nitrogens is 1. The van der Waals surface area contributed by atoms with Crippen LogP contribution in [0.5, 0.6) is 0 Å². The molecule has 0 aromatic carbocycles. The summed E-state index contributed by atoms with van der Waals surface area (Å²) in [5.41, 5.74) is 0.537. The first-order valence-corrected chi connectivity index (χ1v) is 10.0. The number of thiazole rings is 1. The van der Waals surface area contributed by atoms with Crippen molar-refractivity contribution < 1.29 is 9.59 Å². The van der Waals surface area contributed by atoms with Gasteiger partial charge in [0, 0.05) is 38.0 Å². The highest BCUT2D eigenvalue weighted by molar-refractivity contribution is 7.09. The predicted molar refractivity (Wildman–Crippen MR) is 95.1 cm³/mol. The number of carbonyl (C=O) groups excluding carboxylic acids is 2. The number of aryl methyl sites for hydroxylation is 1. The molecule has 2 aliphatic rings. The first kappa shape index (κ1) is 17.4. The molecule has 5 nitrogen and oxygen atoms in total. The van der Waals surface area contributed by atoms with Gasteiger partial charge in [-0.3, -0.25) is 9.59 Å². The van der Waals surface area contributed by atoms with E-state index in [0.29, 0.717) is 38.3 Å². The van der Waals surface area contributed by atoms with Gasteiger partial charge in [-0.25, -0.2) is 4.98 Å². The zero-order valence-electron chi connectivity index (χ0n) is 14.5. The SMILES string of the molecule is Cc1nc(C(=O)N2CCN(C(=O)CCC3CCCCC3)CC2)cs1. The molecule has 1 aliphatic heterocycles. The van der Waals surface area contributed by atoms with E-state index in [0.717, 1.165) is 17.3 Å². The predicted octanol–water partition coefficient (Wildman–Crippen LogP) is 3.10. The van der Waals surface area contributed by atoms with E-state index in [4.69, 9.17) is 0 Å². The van der Waals surface area contributed by atoms with E-state index in [2.05, 4.69) is 4.98 Å². The van der Waals surface area contributed by atoms with Crippen molar-refractivity contribution in [3.63, 3.8) is 0 Å². The fourth-order valence-corrected chi connectivity index (χ4v) is 4.33. The van der Waals surface area contributed by atoms with E-state index in [1.807, 2.05) is 22.1 Å². The Morgan fingerprint density at radius 1 is 1.12 bits per heavy atom. The summed E-state index contributed by atoms with van der Waals surface area (Å²) in [6, 6.07) is 0. The Bertz CT molecular complexity index is 573. The Morgan fingerprint density at radius 2 is 1.79 bits per heavy atom. The normalized spacial score (nSPS) is 19.5. The monoisotopic (exact) mass is 349 g/mol. The van der Waals surface area contributed by atoms with Crippen molar-refractivity contribution in [1.29, 1.82) is 0 Å². The summed E-state index contributed by atoms with van der Waals surface area (Å²) in [7, 11) is 0. The van der Waals surface area contributed by atoms with Gasteiger partial charge in [0.15, 0.2) is 0 Å². The zero-order chi connectivity index (χ0) is 16.9. The molecule has 24 heavy (non-hydrogen) atoms. The minimum absolute atomic E-state index is 0.00588. The molecule has 1 aliphatic carbocycles. The molecule has 0 atom stereocenters. The van der Waals surface area contributed by atoms with Gasteiger partial charge in [0.25, 0.3) is 5.91 Å². The Kier molecular flexibility index (Phi) is 5.87. The fraction of sp³-hybridized carbons (Fsp3) is 0.722. The van der Waals surface area contributed by atoms with E-state index < -0.39 is 0 Å². The van der Waals surface area contributed by atoms with Crippen LogP contribution in [0.25, 0.3) is 0 Å². The Balaban J connectivity index is 1.42. The summed E-state index contributed by atoms with van der Waals surface area (Å²) in [4.78, 5) is 32.8. The molecule has 1 saturated carbocycles. The number of carbonyl (C=O) groups is 2. The molecule has 2 fully saturated rings. The van der Waals surface area contributed by atoms with E-state index >= 15 is 0 Å². The first-order valence-electron chi connectivity index (χ1n) is 9.12. The molecule has 1 aromatic rings. The quantitative estimate of drug-likeness (QED) is 0.839. The van der Waals surface area contributed by atoms with Crippen LogP contribution in [0.4, 0.5) is 0 Å². The van der Waals surface area contributed by atoms with Crippen molar-refractivity contribution in [2.45, 2.75) is 51.9 Å². The van der Waals surface area contributed by atoms with Crippen LogP contribution >= 0.6 is 11.3 Å². The van der Waals surface area contributed by atoms with Crippen molar-refractivity contribution in [3.05, 3.63) is 16.1 Å². The first-order chi connectivity index (χ1) is 11.6. The molecule has 3 rings (SSSR count). The highest BCUT2D eigenvalue weighted by Crippen LogP contribution is 2.27. The van der Waals surface area contributed by atoms with Crippen LogP contribution in [0, 0.1) is 12.8 Å². The summed E-state index contributed by atoms with van der Waals surface area (Å²) < 4.78 is 0. The summed E-state index contributed by atoms with van der Waals surface area (Å²) in [5, 5.41) is 2.73. The molecule has 0 N–H and O–H groups in total. The van der Waals surface area contributed by atoms with Gasteiger partial charge in [-0.1, -0.05) is 32.1 Å². The van der Waals surface area contributed by atoms with Crippen molar-refractivity contribution in [1.82, 2.24) is 14.8 Å². The van der Waals surface area contributed by atoms with Gasteiger partial charge < -0.3 is 9.80 Å². The molecule has 6 heteroatoms. The molecular weight excluding hydrogens is 322 g/mol. The van der Waals surface area contributed by atoms with Crippen molar-refractivity contribution in [3.8, 4) is 0 Å². The largest absolute Gasteiger partial charge is 0.339 e. The smallest absolute Gasteiger partial charge is 0.273 e. The van der Waals surface area contributed by atoms with Crippen molar-refractivity contribution in [2.75, 3.05) is 26.2 Å². The second kappa shape index (κ2) is 8.10. The van der Waals surface area contributed by atoms with Crippen LogP contribution in [0.1, 0.15) is 60.4 Å². The number of piperazine rings is 1. The molecule has 0 bridgehead atoms. The van der Waals surface area contributed by atoms with Gasteiger partial charge in [-0.15, -0.1) is 11.3 Å². The maximum Gasteiger partial charge on any atom is 0.273 e. The molecule has 0 radical (unpaired) electrons. The van der Waals surface area contributed by atoms with Crippen LogP contribution in [0.3, 0.4) is 0 Å². The maximum atomic E-state index is 12.4. The molecule has 1 aromatic heterocycles. The lowest BCUT2D eigenvalue weighted by atomic mass is 9.86. The van der Waals surface area contributed by atoms with Gasteiger partial charge >= 0.3 is 0 Å². The minimum Gasteiger partial charge on any atom is -0.339 e. The van der Waals surface area contributed by atoms with Crippen molar-refractivity contribution >= 4 is 23.2 Å². The molecule has 2 heterocycles. The Hall–Kier alpha value is -1.43. The second-order valence-electron chi connectivity index (χ2n) is 6.97. The number of hydrogen-bond donors (Lipinski definition) is 0. The van der Waals surface area contributed by atoms with Crippen LogP contribution in [-0.4, -0.2) is 52.8 Å². The third-order valence-electron chi connectivity index (χ3n) is 5.25. The van der Waals surface area contributed by atoms with E-state index in [1.165, 1.54) is 43.4 Å². The van der Waals surface area contributed by atoms with Crippen LogP contribution in [-0.2, 0) is 4.79 Å². The summed E-state index contributed by atoms with van der Waals surface area (Å²) >= 11 is 1.50. The highest BCUT2D eigenvalue weighted by Gasteiger charge is 2.26. The van der Waals surface area contributed by atoms with Gasteiger partial charge in [-0.05, 0) is 19.3 Å². The molecule has 0 spiro atoms. The lowest BCUT2D eigenvalue weighted by Gasteiger charge is -2.34. The van der Waals surface area contributed by atoms with Gasteiger partial charge in [0.1, 0.15) is 5.69 Å². The van der Waals surface area contributed by atoms with Crippen molar-refractivity contribution in [2.24, 2.45) is 5.92 Å². The molecule has 132 valence electrons. The topological polar surface area (TPSA) is 53.5 Å².